The van der Waals surface area contributed by atoms with E-state index in [1.54, 1.807) is 17.7 Å². The quantitative estimate of drug-likeness (QED) is 0.810. The molecule has 3 rings (SSSR count). The molecule has 0 unspecified atom stereocenters. The van der Waals surface area contributed by atoms with E-state index in [1.165, 1.54) is 18.4 Å². The Hall–Kier alpha value is -0.940. The normalized spacial score (nSPS) is 14.9. The predicted octanol–water partition coefficient (Wildman–Crippen LogP) is 3.47. The molecule has 0 radical (unpaired) electrons. The van der Waals surface area contributed by atoms with Gasteiger partial charge in [0, 0.05) is 18.7 Å². The lowest BCUT2D eigenvalue weighted by Crippen LogP contribution is -2.25. The first-order valence-electron chi connectivity index (χ1n) is 5.58. The second-order valence-electron chi connectivity index (χ2n) is 4.19. The van der Waals surface area contributed by atoms with Gasteiger partial charge >= 0.3 is 0 Å². The van der Waals surface area contributed by atoms with Crippen molar-refractivity contribution >= 4 is 33.1 Å². The average molecular weight is 310 g/mol. The van der Waals surface area contributed by atoms with Crippen molar-refractivity contribution in [1.82, 2.24) is 9.97 Å². The molecule has 0 bridgehead atoms. The summed E-state index contributed by atoms with van der Waals surface area (Å²) in [5.41, 5.74) is 1.36. The van der Waals surface area contributed by atoms with Crippen molar-refractivity contribution in [3.63, 3.8) is 0 Å². The Bertz CT molecular complexity index is 496. The summed E-state index contributed by atoms with van der Waals surface area (Å²) in [6.45, 7) is 0.942. The number of hydrogen-bond acceptors (Lipinski definition) is 4. The smallest absolute Gasteiger partial charge is 0.133 e. The predicted molar refractivity (Wildman–Crippen MR) is 73.3 cm³/mol. The number of halogens is 1. The molecule has 3 nitrogen and oxygen atoms in total. The molecular weight excluding hydrogens is 298 g/mol. The van der Waals surface area contributed by atoms with E-state index >= 15 is 0 Å². The summed E-state index contributed by atoms with van der Waals surface area (Å²) in [4.78, 5) is 10.8. The molecule has 0 aromatic carbocycles. The van der Waals surface area contributed by atoms with E-state index in [0.29, 0.717) is 6.04 Å². The van der Waals surface area contributed by atoms with Crippen LogP contribution in [0.2, 0.25) is 0 Å². The van der Waals surface area contributed by atoms with Crippen LogP contribution in [0.4, 0.5) is 5.82 Å². The van der Waals surface area contributed by atoms with Gasteiger partial charge in [0.1, 0.15) is 16.7 Å². The van der Waals surface area contributed by atoms with Crippen LogP contribution in [0.5, 0.6) is 0 Å². The van der Waals surface area contributed by atoms with Crippen LogP contribution in [0.25, 0.3) is 0 Å². The Balaban J connectivity index is 1.85. The maximum absolute atomic E-state index is 4.37. The van der Waals surface area contributed by atoms with Gasteiger partial charge in [0.2, 0.25) is 0 Å². The molecule has 0 aliphatic heterocycles. The lowest BCUT2D eigenvalue weighted by molar-refractivity contribution is 0.776. The number of thiophene rings is 1. The Morgan fingerprint density at radius 3 is 2.94 bits per heavy atom. The van der Waals surface area contributed by atoms with Crippen LogP contribution in [-0.2, 0) is 6.54 Å². The third-order valence-corrected chi connectivity index (χ3v) is 4.00. The third kappa shape index (κ3) is 2.66. The van der Waals surface area contributed by atoms with Crippen molar-refractivity contribution in [2.24, 2.45) is 0 Å². The van der Waals surface area contributed by atoms with Gasteiger partial charge in [-0.1, -0.05) is 0 Å². The molecule has 0 spiro atoms. The van der Waals surface area contributed by atoms with Gasteiger partial charge in [-0.25, -0.2) is 9.97 Å². The van der Waals surface area contributed by atoms with Crippen molar-refractivity contribution in [3.05, 3.63) is 39.4 Å². The van der Waals surface area contributed by atoms with E-state index in [4.69, 9.17) is 0 Å². The van der Waals surface area contributed by atoms with Gasteiger partial charge in [0.15, 0.2) is 0 Å². The zero-order chi connectivity index (χ0) is 11.7. The SMILES string of the molecule is Brc1cc(N(Cc2ccsc2)C2CC2)ncn1. The van der Waals surface area contributed by atoms with E-state index in [2.05, 4.69) is 47.6 Å². The fraction of sp³-hybridized carbons (Fsp3) is 0.333. The standard InChI is InChI=1S/C12H12BrN3S/c13-11-5-12(15-8-14-11)16(10-1-2-10)6-9-3-4-17-7-9/h3-5,7-8,10H,1-2,6H2. The van der Waals surface area contributed by atoms with E-state index < -0.39 is 0 Å². The Labute approximate surface area is 113 Å². The molecule has 1 fully saturated rings. The van der Waals surface area contributed by atoms with Crippen molar-refractivity contribution < 1.29 is 0 Å². The Kier molecular flexibility index (Phi) is 3.11. The zero-order valence-electron chi connectivity index (χ0n) is 9.21. The fourth-order valence-corrected chi connectivity index (χ4v) is 2.80. The number of aromatic nitrogens is 2. The van der Waals surface area contributed by atoms with Crippen molar-refractivity contribution in [1.29, 1.82) is 0 Å². The lowest BCUT2D eigenvalue weighted by atomic mass is 10.3. The number of anilines is 1. The summed E-state index contributed by atoms with van der Waals surface area (Å²) in [6.07, 6.45) is 4.15. The lowest BCUT2D eigenvalue weighted by Gasteiger charge is -2.22. The highest BCUT2D eigenvalue weighted by Gasteiger charge is 2.30. The largest absolute Gasteiger partial charge is 0.349 e. The maximum atomic E-state index is 4.37. The molecule has 1 aliphatic carbocycles. The van der Waals surface area contributed by atoms with E-state index in [-0.39, 0.29) is 0 Å². The molecule has 0 N–H and O–H groups in total. The molecule has 2 heterocycles. The highest BCUT2D eigenvalue weighted by Crippen LogP contribution is 2.32. The van der Waals surface area contributed by atoms with Crippen LogP contribution in [0.3, 0.4) is 0 Å². The van der Waals surface area contributed by atoms with Gasteiger partial charge in [0.05, 0.1) is 0 Å². The molecule has 2 aromatic rings. The van der Waals surface area contributed by atoms with E-state index in [0.717, 1.165) is 17.0 Å². The molecule has 1 saturated carbocycles. The number of nitrogens with zero attached hydrogens (tertiary/aromatic N) is 3. The molecule has 0 amide bonds. The molecule has 1 aliphatic rings. The highest BCUT2D eigenvalue weighted by atomic mass is 79.9. The van der Waals surface area contributed by atoms with Gasteiger partial charge in [-0.3, -0.25) is 0 Å². The van der Waals surface area contributed by atoms with Crippen LogP contribution < -0.4 is 4.90 Å². The third-order valence-electron chi connectivity index (χ3n) is 2.83. The van der Waals surface area contributed by atoms with Crippen LogP contribution in [0.15, 0.2) is 33.8 Å². The number of rotatable bonds is 4. The topological polar surface area (TPSA) is 29.0 Å². The van der Waals surface area contributed by atoms with Crippen molar-refractivity contribution in [2.75, 3.05) is 4.90 Å². The van der Waals surface area contributed by atoms with Crippen molar-refractivity contribution in [3.8, 4) is 0 Å². The molecule has 0 atom stereocenters. The number of hydrogen-bond donors (Lipinski definition) is 0. The maximum Gasteiger partial charge on any atom is 0.133 e. The molecule has 2 aromatic heterocycles. The molecule has 88 valence electrons. The summed E-state index contributed by atoms with van der Waals surface area (Å²) in [5.74, 6) is 1.01. The van der Waals surface area contributed by atoms with Gasteiger partial charge in [0.25, 0.3) is 0 Å². The highest BCUT2D eigenvalue weighted by molar-refractivity contribution is 9.10. The monoisotopic (exact) mass is 309 g/mol. The minimum absolute atomic E-state index is 0.650. The van der Waals surface area contributed by atoms with Crippen LogP contribution in [0, 0.1) is 0 Å². The Morgan fingerprint density at radius 2 is 2.29 bits per heavy atom. The second kappa shape index (κ2) is 4.74. The second-order valence-corrected chi connectivity index (χ2v) is 5.78. The minimum atomic E-state index is 0.650. The van der Waals surface area contributed by atoms with Gasteiger partial charge in [-0.15, -0.1) is 0 Å². The van der Waals surface area contributed by atoms with Gasteiger partial charge in [-0.2, -0.15) is 11.3 Å². The van der Waals surface area contributed by atoms with Crippen LogP contribution in [-0.4, -0.2) is 16.0 Å². The summed E-state index contributed by atoms with van der Waals surface area (Å²) in [6, 6.07) is 4.82. The van der Waals surface area contributed by atoms with Crippen molar-refractivity contribution in [2.45, 2.75) is 25.4 Å². The first-order valence-corrected chi connectivity index (χ1v) is 7.32. The molecular formula is C12H12BrN3S. The molecule has 5 heteroatoms. The Morgan fingerprint density at radius 1 is 1.41 bits per heavy atom. The minimum Gasteiger partial charge on any atom is -0.349 e. The van der Waals surface area contributed by atoms with E-state index in [1.807, 2.05) is 6.07 Å². The zero-order valence-corrected chi connectivity index (χ0v) is 11.6. The van der Waals surface area contributed by atoms with Gasteiger partial charge < -0.3 is 4.90 Å². The fourth-order valence-electron chi connectivity index (χ4n) is 1.84. The average Bonchev–Trinajstić information content (AvgIpc) is 3.03. The summed E-state index contributed by atoms with van der Waals surface area (Å²) < 4.78 is 0.846. The van der Waals surface area contributed by atoms with Crippen LogP contribution in [0.1, 0.15) is 18.4 Å². The summed E-state index contributed by atoms with van der Waals surface area (Å²) in [5, 5.41) is 4.32. The van der Waals surface area contributed by atoms with Gasteiger partial charge in [-0.05, 0) is 51.2 Å². The molecule has 0 saturated heterocycles. The first kappa shape index (κ1) is 11.2. The van der Waals surface area contributed by atoms with E-state index in [9.17, 15) is 0 Å². The first-order chi connectivity index (χ1) is 8.33. The van der Waals surface area contributed by atoms with Crippen LogP contribution >= 0.6 is 27.3 Å². The summed E-state index contributed by atoms with van der Waals surface area (Å²) >= 11 is 5.15. The molecule has 17 heavy (non-hydrogen) atoms. The summed E-state index contributed by atoms with van der Waals surface area (Å²) in [7, 11) is 0.